The summed E-state index contributed by atoms with van der Waals surface area (Å²) in [7, 11) is 3.10. The van der Waals surface area contributed by atoms with Gasteiger partial charge in [-0.1, -0.05) is 13.0 Å². The molecule has 0 spiro atoms. The molecule has 0 aliphatic carbocycles. The Balaban J connectivity index is 1.70. The van der Waals surface area contributed by atoms with Crippen LogP contribution in [0, 0.1) is 0 Å². The van der Waals surface area contributed by atoms with Crippen LogP contribution in [0.5, 0.6) is 11.5 Å². The van der Waals surface area contributed by atoms with E-state index in [2.05, 4.69) is 17.1 Å². The second-order valence-electron chi connectivity index (χ2n) is 6.83. The molecule has 154 valence electrons. The van der Waals surface area contributed by atoms with E-state index in [1.165, 1.54) is 0 Å². The van der Waals surface area contributed by atoms with Gasteiger partial charge in [-0.05, 0) is 36.9 Å². The van der Waals surface area contributed by atoms with Crippen molar-refractivity contribution in [3.8, 4) is 11.5 Å². The molecule has 1 N–H and O–H groups in total. The molecule has 0 bridgehead atoms. The smallest absolute Gasteiger partial charge is 0.255 e. The fraction of sp³-hybridized carbons (Fsp3) is 0.364. The molecule has 1 aliphatic heterocycles. The molecule has 1 heterocycles. The number of methoxy groups -OCH3 is 2. The molecule has 0 radical (unpaired) electrons. The normalized spacial score (nSPS) is 14.4. The van der Waals surface area contributed by atoms with Crippen molar-refractivity contribution in [2.24, 2.45) is 0 Å². The number of likely N-dealkylation sites (N-methyl/N-ethyl adjacent to an activating group) is 1. The Morgan fingerprint density at radius 1 is 0.931 bits per heavy atom. The fourth-order valence-corrected chi connectivity index (χ4v) is 3.36. The molecule has 2 aromatic rings. The summed E-state index contributed by atoms with van der Waals surface area (Å²) in [5.74, 6) is 0.783. The average molecular weight is 397 g/mol. The van der Waals surface area contributed by atoms with Gasteiger partial charge in [0, 0.05) is 49.1 Å². The molecule has 0 aromatic heterocycles. The summed E-state index contributed by atoms with van der Waals surface area (Å²) in [4.78, 5) is 29.7. The molecule has 0 unspecified atom stereocenters. The van der Waals surface area contributed by atoms with Gasteiger partial charge < -0.3 is 24.6 Å². The molecule has 29 heavy (non-hydrogen) atoms. The van der Waals surface area contributed by atoms with Crippen molar-refractivity contribution in [2.75, 3.05) is 52.3 Å². The standard InChI is InChI=1S/C22H27N3O4/c1-4-24-10-12-25(13-11-24)22(27)17-7-5-6-16(14-17)21(26)23-18-8-9-19(28-2)20(15-18)29-3/h5-9,14-15H,4,10-13H2,1-3H3,(H,23,26). The van der Waals surface area contributed by atoms with Crippen LogP contribution in [0.15, 0.2) is 42.5 Å². The lowest BCUT2D eigenvalue weighted by Gasteiger charge is -2.34. The van der Waals surface area contributed by atoms with Gasteiger partial charge in [-0.2, -0.15) is 0 Å². The van der Waals surface area contributed by atoms with Gasteiger partial charge in [-0.25, -0.2) is 0 Å². The molecule has 1 saturated heterocycles. The Morgan fingerprint density at radius 2 is 1.62 bits per heavy atom. The first-order chi connectivity index (χ1) is 14.0. The zero-order valence-electron chi connectivity index (χ0n) is 17.1. The molecule has 1 fully saturated rings. The number of hydrogen-bond donors (Lipinski definition) is 1. The Hall–Kier alpha value is -3.06. The Bertz CT molecular complexity index is 876. The van der Waals surface area contributed by atoms with Gasteiger partial charge in [0.1, 0.15) is 0 Å². The monoisotopic (exact) mass is 397 g/mol. The number of carbonyl (C=O) groups excluding carboxylic acids is 2. The number of carbonyl (C=O) groups is 2. The zero-order valence-corrected chi connectivity index (χ0v) is 17.1. The van der Waals surface area contributed by atoms with E-state index in [0.717, 1.165) is 19.6 Å². The van der Waals surface area contributed by atoms with Crippen LogP contribution in [-0.2, 0) is 0 Å². The minimum absolute atomic E-state index is 0.0403. The molecule has 7 nitrogen and oxygen atoms in total. The highest BCUT2D eigenvalue weighted by molar-refractivity contribution is 6.06. The van der Waals surface area contributed by atoms with Gasteiger partial charge in [0.05, 0.1) is 14.2 Å². The van der Waals surface area contributed by atoms with Crippen LogP contribution < -0.4 is 14.8 Å². The van der Waals surface area contributed by atoms with E-state index in [9.17, 15) is 9.59 Å². The maximum atomic E-state index is 12.8. The third kappa shape index (κ3) is 4.86. The first kappa shape index (κ1) is 20.7. The Labute approximate surface area is 171 Å². The van der Waals surface area contributed by atoms with Crippen LogP contribution in [0.25, 0.3) is 0 Å². The van der Waals surface area contributed by atoms with Gasteiger partial charge in [0.25, 0.3) is 11.8 Å². The van der Waals surface area contributed by atoms with Gasteiger partial charge in [0.2, 0.25) is 0 Å². The summed E-state index contributed by atoms with van der Waals surface area (Å²) in [6.45, 7) is 6.28. The minimum Gasteiger partial charge on any atom is -0.493 e. The predicted octanol–water partition coefficient (Wildman–Crippen LogP) is 2.73. The van der Waals surface area contributed by atoms with Crippen molar-refractivity contribution in [1.82, 2.24) is 9.80 Å². The molecule has 7 heteroatoms. The highest BCUT2D eigenvalue weighted by Gasteiger charge is 2.22. The summed E-state index contributed by atoms with van der Waals surface area (Å²) in [5, 5.41) is 2.84. The summed E-state index contributed by atoms with van der Waals surface area (Å²) >= 11 is 0. The summed E-state index contributed by atoms with van der Waals surface area (Å²) in [6, 6.07) is 12.0. The molecule has 2 amide bonds. The minimum atomic E-state index is -0.289. The average Bonchev–Trinajstić information content (AvgIpc) is 2.78. The number of amides is 2. The van der Waals surface area contributed by atoms with Crippen molar-refractivity contribution < 1.29 is 19.1 Å². The Kier molecular flexibility index (Phi) is 6.72. The van der Waals surface area contributed by atoms with Gasteiger partial charge in [-0.3, -0.25) is 9.59 Å². The first-order valence-electron chi connectivity index (χ1n) is 9.70. The maximum absolute atomic E-state index is 12.8. The quantitative estimate of drug-likeness (QED) is 0.812. The van der Waals surface area contributed by atoms with Gasteiger partial charge in [0.15, 0.2) is 11.5 Å². The van der Waals surface area contributed by atoms with E-state index < -0.39 is 0 Å². The van der Waals surface area contributed by atoms with Crippen molar-refractivity contribution in [2.45, 2.75) is 6.92 Å². The third-order valence-corrected chi connectivity index (χ3v) is 5.12. The lowest BCUT2D eigenvalue weighted by molar-refractivity contribution is 0.0643. The summed E-state index contributed by atoms with van der Waals surface area (Å²) in [6.07, 6.45) is 0. The third-order valence-electron chi connectivity index (χ3n) is 5.12. The fourth-order valence-electron chi connectivity index (χ4n) is 3.36. The highest BCUT2D eigenvalue weighted by Crippen LogP contribution is 2.30. The number of nitrogens with zero attached hydrogens (tertiary/aromatic N) is 2. The van der Waals surface area contributed by atoms with Crippen molar-refractivity contribution >= 4 is 17.5 Å². The molecule has 2 aromatic carbocycles. The van der Waals surface area contributed by atoms with Crippen LogP contribution in [0.1, 0.15) is 27.6 Å². The lowest BCUT2D eigenvalue weighted by atomic mass is 10.1. The van der Waals surface area contributed by atoms with Crippen molar-refractivity contribution in [3.05, 3.63) is 53.6 Å². The van der Waals surface area contributed by atoms with Crippen molar-refractivity contribution in [3.63, 3.8) is 0 Å². The molecule has 1 aliphatic rings. The summed E-state index contributed by atoms with van der Waals surface area (Å²) < 4.78 is 10.5. The van der Waals surface area contributed by atoms with Gasteiger partial charge in [-0.15, -0.1) is 0 Å². The zero-order chi connectivity index (χ0) is 20.8. The number of nitrogens with one attached hydrogen (secondary N) is 1. The van der Waals surface area contributed by atoms with E-state index >= 15 is 0 Å². The van der Waals surface area contributed by atoms with Crippen LogP contribution in [-0.4, -0.2) is 68.6 Å². The van der Waals surface area contributed by atoms with Crippen LogP contribution >= 0.6 is 0 Å². The van der Waals surface area contributed by atoms with Crippen LogP contribution in [0.3, 0.4) is 0 Å². The first-order valence-corrected chi connectivity index (χ1v) is 9.70. The number of piperazine rings is 1. The van der Waals surface area contributed by atoms with Crippen LogP contribution in [0.4, 0.5) is 5.69 Å². The largest absolute Gasteiger partial charge is 0.493 e. The SMILES string of the molecule is CCN1CCN(C(=O)c2cccc(C(=O)Nc3ccc(OC)c(OC)c3)c2)CC1. The van der Waals surface area contributed by atoms with E-state index in [0.29, 0.717) is 41.4 Å². The maximum Gasteiger partial charge on any atom is 0.255 e. The number of rotatable bonds is 6. The van der Waals surface area contributed by atoms with E-state index in [1.54, 1.807) is 56.7 Å². The van der Waals surface area contributed by atoms with Crippen molar-refractivity contribution in [1.29, 1.82) is 0 Å². The highest BCUT2D eigenvalue weighted by atomic mass is 16.5. The number of hydrogen-bond acceptors (Lipinski definition) is 5. The second kappa shape index (κ2) is 9.43. The molecular weight excluding hydrogens is 370 g/mol. The molecule has 3 rings (SSSR count). The lowest BCUT2D eigenvalue weighted by Crippen LogP contribution is -2.48. The van der Waals surface area contributed by atoms with E-state index in [-0.39, 0.29) is 11.8 Å². The molecule has 0 atom stereocenters. The number of benzene rings is 2. The molecular formula is C22H27N3O4. The topological polar surface area (TPSA) is 71.1 Å². The second-order valence-corrected chi connectivity index (χ2v) is 6.83. The van der Waals surface area contributed by atoms with E-state index in [1.807, 2.05) is 4.90 Å². The number of anilines is 1. The van der Waals surface area contributed by atoms with Gasteiger partial charge >= 0.3 is 0 Å². The number of ether oxygens (including phenoxy) is 2. The Morgan fingerprint density at radius 3 is 2.28 bits per heavy atom. The van der Waals surface area contributed by atoms with Crippen LogP contribution in [0.2, 0.25) is 0 Å². The molecule has 0 saturated carbocycles. The predicted molar refractivity (Wildman–Crippen MR) is 112 cm³/mol. The van der Waals surface area contributed by atoms with E-state index in [4.69, 9.17) is 9.47 Å². The summed E-state index contributed by atoms with van der Waals surface area (Å²) in [5.41, 5.74) is 1.54.